The van der Waals surface area contributed by atoms with Crippen molar-refractivity contribution in [2.75, 3.05) is 11.4 Å². The Morgan fingerprint density at radius 2 is 1.89 bits per heavy atom. The van der Waals surface area contributed by atoms with Crippen molar-refractivity contribution in [3.8, 4) is 0 Å². The van der Waals surface area contributed by atoms with E-state index in [-0.39, 0.29) is 18.9 Å². The molecule has 2 rings (SSSR count). The van der Waals surface area contributed by atoms with Crippen LogP contribution in [0.3, 0.4) is 0 Å². The minimum Gasteiger partial charge on any atom is -0.304 e. The number of carbonyl (C=O) groups excluding carboxylic acids is 3. The normalized spacial score (nSPS) is 13.7. The number of carbonyl (C=O) groups is 3. The number of benzene rings is 1. The van der Waals surface area contributed by atoms with E-state index in [9.17, 15) is 14.4 Å². The molecule has 1 heterocycles. The van der Waals surface area contributed by atoms with E-state index >= 15 is 0 Å². The Bertz CT molecular complexity index is 581. The molecule has 0 atom stereocenters. The summed E-state index contributed by atoms with van der Waals surface area (Å²) in [6.45, 7) is 3.77. The Hall–Kier alpha value is -2.21. The third-order valence-electron chi connectivity index (χ3n) is 3.25. The van der Waals surface area contributed by atoms with Crippen molar-refractivity contribution in [2.24, 2.45) is 5.84 Å². The average molecular weight is 261 g/mol. The second kappa shape index (κ2) is 4.81. The second-order valence-corrected chi connectivity index (χ2v) is 4.53. The lowest BCUT2D eigenvalue weighted by molar-refractivity contribution is -0.121. The molecule has 19 heavy (non-hydrogen) atoms. The van der Waals surface area contributed by atoms with Crippen molar-refractivity contribution in [2.45, 2.75) is 20.3 Å². The maximum Gasteiger partial charge on any atom is 0.299 e. The largest absolute Gasteiger partial charge is 0.304 e. The number of hydrazine groups is 1. The lowest BCUT2D eigenvalue weighted by atomic mass is 10.0. The van der Waals surface area contributed by atoms with Crippen molar-refractivity contribution >= 4 is 23.3 Å². The third-order valence-corrected chi connectivity index (χ3v) is 3.25. The highest BCUT2D eigenvalue weighted by Gasteiger charge is 2.37. The van der Waals surface area contributed by atoms with Crippen molar-refractivity contribution in [1.82, 2.24) is 5.43 Å². The lowest BCUT2D eigenvalue weighted by Gasteiger charge is -2.18. The number of nitrogens with zero attached hydrogens (tertiary/aromatic N) is 1. The number of Topliss-reactive ketones (excluding diaryl/α,β-unsaturated/α-hetero) is 1. The quantitative estimate of drug-likeness (QED) is 0.352. The predicted molar refractivity (Wildman–Crippen MR) is 69.5 cm³/mol. The molecule has 0 bridgehead atoms. The molecule has 1 aliphatic rings. The van der Waals surface area contributed by atoms with E-state index in [0.717, 1.165) is 11.1 Å². The number of amides is 2. The summed E-state index contributed by atoms with van der Waals surface area (Å²) >= 11 is 0. The maximum absolute atomic E-state index is 12.0. The summed E-state index contributed by atoms with van der Waals surface area (Å²) in [6, 6.07) is 3.67. The molecular weight excluding hydrogens is 246 g/mol. The number of fused-ring (bicyclic) bond motifs is 1. The fraction of sp³-hybridized carbons (Fsp3) is 0.308. The van der Waals surface area contributed by atoms with Crippen molar-refractivity contribution in [3.63, 3.8) is 0 Å². The van der Waals surface area contributed by atoms with E-state index in [2.05, 4.69) is 0 Å². The van der Waals surface area contributed by atoms with Crippen LogP contribution in [0.2, 0.25) is 0 Å². The number of anilines is 1. The molecule has 0 unspecified atom stereocenters. The molecule has 1 aliphatic heterocycles. The maximum atomic E-state index is 12.0. The Morgan fingerprint density at radius 1 is 1.26 bits per heavy atom. The van der Waals surface area contributed by atoms with Gasteiger partial charge in [-0.05, 0) is 25.0 Å². The molecule has 0 saturated heterocycles. The fourth-order valence-electron chi connectivity index (χ4n) is 2.26. The molecule has 6 nitrogen and oxygen atoms in total. The van der Waals surface area contributed by atoms with Crippen LogP contribution in [0.5, 0.6) is 0 Å². The van der Waals surface area contributed by atoms with E-state index in [1.807, 2.05) is 24.5 Å². The molecule has 6 heteroatoms. The van der Waals surface area contributed by atoms with Gasteiger partial charge < -0.3 is 4.90 Å². The Kier molecular flexibility index (Phi) is 3.35. The van der Waals surface area contributed by atoms with Crippen LogP contribution in [0, 0.1) is 13.8 Å². The van der Waals surface area contributed by atoms with Crippen LogP contribution < -0.4 is 16.2 Å². The fourth-order valence-corrected chi connectivity index (χ4v) is 2.26. The smallest absolute Gasteiger partial charge is 0.299 e. The van der Waals surface area contributed by atoms with Gasteiger partial charge in [-0.1, -0.05) is 12.1 Å². The first-order valence-corrected chi connectivity index (χ1v) is 5.93. The highest BCUT2D eigenvalue weighted by Crippen LogP contribution is 2.34. The first-order valence-electron chi connectivity index (χ1n) is 5.93. The molecule has 0 spiro atoms. The number of ketones is 1. The van der Waals surface area contributed by atoms with Gasteiger partial charge in [0.25, 0.3) is 11.7 Å². The standard InChI is InChI=1S/C13H15N3O3/c1-7-3-4-8(2)11-10(7)12(18)13(19)16(11)6-5-9(17)15-14/h3-4H,5-6,14H2,1-2H3,(H,15,17). The lowest BCUT2D eigenvalue weighted by Crippen LogP contribution is -2.36. The Labute approximate surface area is 110 Å². The summed E-state index contributed by atoms with van der Waals surface area (Å²) in [5.74, 6) is 3.53. The van der Waals surface area contributed by atoms with E-state index in [4.69, 9.17) is 5.84 Å². The summed E-state index contributed by atoms with van der Waals surface area (Å²) in [6.07, 6.45) is 0.0579. The van der Waals surface area contributed by atoms with Crippen LogP contribution in [0.15, 0.2) is 12.1 Å². The number of aryl methyl sites for hydroxylation is 2. The van der Waals surface area contributed by atoms with Gasteiger partial charge >= 0.3 is 0 Å². The summed E-state index contributed by atoms with van der Waals surface area (Å²) in [5.41, 5.74) is 4.67. The van der Waals surface area contributed by atoms with Crippen LogP contribution in [-0.2, 0) is 9.59 Å². The number of hydrogen-bond acceptors (Lipinski definition) is 4. The van der Waals surface area contributed by atoms with Crippen LogP contribution >= 0.6 is 0 Å². The van der Waals surface area contributed by atoms with Gasteiger partial charge in [-0.2, -0.15) is 0 Å². The van der Waals surface area contributed by atoms with Gasteiger partial charge in [0.1, 0.15) is 0 Å². The first-order chi connectivity index (χ1) is 8.97. The van der Waals surface area contributed by atoms with Gasteiger partial charge in [-0.25, -0.2) is 5.84 Å². The zero-order chi connectivity index (χ0) is 14.2. The monoisotopic (exact) mass is 261 g/mol. The molecule has 0 aliphatic carbocycles. The van der Waals surface area contributed by atoms with Gasteiger partial charge in [0.2, 0.25) is 5.91 Å². The zero-order valence-electron chi connectivity index (χ0n) is 10.8. The highest BCUT2D eigenvalue weighted by molar-refractivity contribution is 6.52. The van der Waals surface area contributed by atoms with Gasteiger partial charge in [0.15, 0.2) is 0 Å². The number of rotatable bonds is 3. The van der Waals surface area contributed by atoms with E-state index in [0.29, 0.717) is 11.3 Å². The summed E-state index contributed by atoms with van der Waals surface area (Å²) in [7, 11) is 0. The van der Waals surface area contributed by atoms with Crippen LogP contribution in [0.25, 0.3) is 0 Å². The summed E-state index contributed by atoms with van der Waals surface area (Å²) in [5, 5.41) is 0. The van der Waals surface area contributed by atoms with Crippen molar-refractivity contribution in [1.29, 1.82) is 0 Å². The molecule has 0 aromatic heterocycles. The van der Waals surface area contributed by atoms with E-state index in [1.54, 1.807) is 6.92 Å². The minimum atomic E-state index is -0.586. The van der Waals surface area contributed by atoms with Crippen LogP contribution in [0.1, 0.15) is 27.9 Å². The Balaban J connectivity index is 2.39. The minimum absolute atomic E-state index is 0.0579. The van der Waals surface area contributed by atoms with Gasteiger partial charge in [-0.15, -0.1) is 0 Å². The number of nitrogens with one attached hydrogen (secondary N) is 1. The SMILES string of the molecule is Cc1ccc(C)c2c1C(=O)C(=O)N2CCC(=O)NN. The number of nitrogens with two attached hydrogens (primary N) is 1. The molecule has 0 saturated carbocycles. The number of hydrogen-bond donors (Lipinski definition) is 2. The predicted octanol–water partition coefficient (Wildman–Crippen LogP) is 0.213. The molecule has 100 valence electrons. The molecule has 3 N–H and O–H groups in total. The third kappa shape index (κ3) is 2.10. The molecule has 1 aromatic carbocycles. The van der Waals surface area contributed by atoms with Gasteiger partial charge in [0, 0.05) is 13.0 Å². The van der Waals surface area contributed by atoms with Gasteiger partial charge in [0.05, 0.1) is 11.3 Å². The highest BCUT2D eigenvalue weighted by atomic mass is 16.2. The molecular formula is C13H15N3O3. The molecule has 0 radical (unpaired) electrons. The zero-order valence-corrected chi connectivity index (χ0v) is 10.8. The average Bonchev–Trinajstić information content (AvgIpc) is 2.65. The van der Waals surface area contributed by atoms with Gasteiger partial charge in [-0.3, -0.25) is 19.8 Å². The van der Waals surface area contributed by atoms with Crippen molar-refractivity contribution in [3.05, 3.63) is 28.8 Å². The summed E-state index contributed by atoms with van der Waals surface area (Å²) in [4.78, 5) is 36.5. The van der Waals surface area contributed by atoms with Crippen molar-refractivity contribution < 1.29 is 14.4 Å². The molecule has 1 aromatic rings. The second-order valence-electron chi connectivity index (χ2n) is 4.53. The topological polar surface area (TPSA) is 92.5 Å². The molecule has 2 amide bonds. The van der Waals surface area contributed by atoms with Crippen LogP contribution in [0.4, 0.5) is 5.69 Å². The summed E-state index contributed by atoms with van der Waals surface area (Å²) < 4.78 is 0. The molecule has 0 fully saturated rings. The van der Waals surface area contributed by atoms with E-state index in [1.165, 1.54) is 4.90 Å². The first kappa shape index (κ1) is 13.2. The Morgan fingerprint density at radius 3 is 2.53 bits per heavy atom. The van der Waals surface area contributed by atoms with Crippen LogP contribution in [-0.4, -0.2) is 24.1 Å². The van der Waals surface area contributed by atoms with E-state index < -0.39 is 11.7 Å².